The van der Waals surface area contributed by atoms with Gasteiger partial charge in [0, 0.05) is 18.2 Å². The molecule has 0 aromatic heterocycles. The largest absolute Gasteiger partial charge is 0.274 e. The SMILES string of the molecule is C=CCC1CCC(=O)N1Cl. The molecule has 1 aliphatic rings. The molecule has 1 heterocycles. The Balaban J connectivity index is 2.48. The summed E-state index contributed by atoms with van der Waals surface area (Å²) in [5.74, 6) is 0.0357. The summed E-state index contributed by atoms with van der Waals surface area (Å²) in [4.78, 5) is 10.8. The highest BCUT2D eigenvalue weighted by molar-refractivity contribution is 6.22. The molecule has 0 bridgehead atoms. The van der Waals surface area contributed by atoms with Crippen molar-refractivity contribution in [2.45, 2.75) is 25.3 Å². The van der Waals surface area contributed by atoms with E-state index in [1.807, 2.05) is 0 Å². The molecule has 1 rings (SSSR count). The highest BCUT2D eigenvalue weighted by atomic mass is 35.5. The van der Waals surface area contributed by atoms with Gasteiger partial charge in [0.15, 0.2) is 0 Å². The van der Waals surface area contributed by atoms with Crippen LogP contribution >= 0.6 is 11.8 Å². The molecule has 1 aliphatic heterocycles. The molecule has 0 aliphatic carbocycles. The van der Waals surface area contributed by atoms with Crippen molar-refractivity contribution < 1.29 is 4.79 Å². The van der Waals surface area contributed by atoms with Crippen LogP contribution in [0.5, 0.6) is 0 Å². The zero-order valence-corrected chi connectivity index (χ0v) is 6.47. The summed E-state index contributed by atoms with van der Waals surface area (Å²) in [6, 6.07) is 0.187. The van der Waals surface area contributed by atoms with Crippen LogP contribution in [0.25, 0.3) is 0 Å². The maximum Gasteiger partial charge on any atom is 0.237 e. The van der Waals surface area contributed by atoms with Crippen molar-refractivity contribution in [1.82, 2.24) is 4.42 Å². The van der Waals surface area contributed by atoms with Crippen molar-refractivity contribution in [2.24, 2.45) is 0 Å². The minimum absolute atomic E-state index is 0.0357. The lowest BCUT2D eigenvalue weighted by molar-refractivity contribution is -0.124. The van der Waals surface area contributed by atoms with Crippen molar-refractivity contribution in [3.63, 3.8) is 0 Å². The predicted octanol–water partition coefficient (Wildman–Crippen LogP) is 1.71. The molecule has 1 unspecified atom stereocenters. The smallest absolute Gasteiger partial charge is 0.237 e. The van der Waals surface area contributed by atoms with Crippen LogP contribution in [0.3, 0.4) is 0 Å². The fourth-order valence-electron chi connectivity index (χ4n) is 1.12. The van der Waals surface area contributed by atoms with Crippen LogP contribution in [0.4, 0.5) is 0 Å². The Hall–Kier alpha value is -0.500. The minimum atomic E-state index is 0.0357. The molecule has 0 aromatic carbocycles. The number of halogens is 1. The molecule has 0 spiro atoms. The molecule has 1 amide bonds. The summed E-state index contributed by atoms with van der Waals surface area (Å²) in [7, 11) is 0. The highest BCUT2D eigenvalue weighted by Gasteiger charge is 2.28. The Morgan fingerprint density at radius 2 is 2.60 bits per heavy atom. The lowest BCUT2D eigenvalue weighted by Gasteiger charge is -2.13. The molecule has 1 fully saturated rings. The summed E-state index contributed by atoms with van der Waals surface area (Å²) < 4.78 is 1.29. The van der Waals surface area contributed by atoms with E-state index in [0.717, 1.165) is 12.8 Å². The van der Waals surface area contributed by atoms with E-state index < -0.39 is 0 Å². The van der Waals surface area contributed by atoms with Crippen LogP contribution in [0.1, 0.15) is 19.3 Å². The third-order valence-corrected chi connectivity index (χ3v) is 2.15. The first-order valence-corrected chi connectivity index (χ1v) is 3.68. The fourth-order valence-corrected chi connectivity index (χ4v) is 1.38. The van der Waals surface area contributed by atoms with Gasteiger partial charge in [-0.05, 0) is 12.8 Å². The molecule has 56 valence electrons. The normalized spacial score (nSPS) is 25.5. The molecule has 10 heavy (non-hydrogen) atoms. The van der Waals surface area contributed by atoms with Crippen LogP contribution in [-0.2, 0) is 4.79 Å². The second kappa shape index (κ2) is 3.06. The van der Waals surface area contributed by atoms with E-state index in [0.29, 0.717) is 6.42 Å². The summed E-state index contributed by atoms with van der Waals surface area (Å²) in [5.41, 5.74) is 0. The summed E-state index contributed by atoms with van der Waals surface area (Å²) >= 11 is 5.64. The van der Waals surface area contributed by atoms with Gasteiger partial charge in [0.05, 0.1) is 6.04 Å². The Kier molecular flexibility index (Phi) is 2.33. The van der Waals surface area contributed by atoms with Gasteiger partial charge in [-0.25, -0.2) is 0 Å². The second-order valence-electron chi connectivity index (χ2n) is 2.42. The van der Waals surface area contributed by atoms with Gasteiger partial charge in [-0.1, -0.05) is 6.08 Å². The molecule has 3 heteroatoms. The quantitative estimate of drug-likeness (QED) is 0.444. The van der Waals surface area contributed by atoms with Gasteiger partial charge in [0.1, 0.15) is 0 Å². The van der Waals surface area contributed by atoms with Crippen molar-refractivity contribution in [3.05, 3.63) is 12.7 Å². The number of carbonyl (C=O) groups excluding carboxylic acids is 1. The van der Waals surface area contributed by atoms with Gasteiger partial charge >= 0.3 is 0 Å². The van der Waals surface area contributed by atoms with E-state index in [2.05, 4.69) is 6.58 Å². The fraction of sp³-hybridized carbons (Fsp3) is 0.571. The van der Waals surface area contributed by atoms with Crippen LogP contribution < -0.4 is 0 Å². The van der Waals surface area contributed by atoms with Crippen LogP contribution in [-0.4, -0.2) is 16.4 Å². The molecule has 0 radical (unpaired) electrons. The lowest BCUT2D eigenvalue weighted by atomic mass is 10.2. The highest BCUT2D eigenvalue weighted by Crippen LogP contribution is 2.23. The van der Waals surface area contributed by atoms with E-state index >= 15 is 0 Å². The Morgan fingerprint density at radius 3 is 3.00 bits per heavy atom. The molecular weight excluding hydrogens is 150 g/mol. The van der Waals surface area contributed by atoms with Crippen molar-refractivity contribution in [3.8, 4) is 0 Å². The summed E-state index contributed by atoms with van der Waals surface area (Å²) in [5, 5.41) is 0. The van der Waals surface area contributed by atoms with Crippen LogP contribution in [0, 0.1) is 0 Å². The average molecular weight is 160 g/mol. The van der Waals surface area contributed by atoms with Gasteiger partial charge in [-0.15, -0.1) is 6.58 Å². The molecule has 1 atom stereocenters. The van der Waals surface area contributed by atoms with E-state index in [1.165, 1.54) is 4.42 Å². The summed E-state index contributed by atoms with van der Waals surface area (Å²) in [6.45, 7) is 3.59. The molecule has 0 saturated carbocycles. The van der Waals surface area contributed by atoms with E-state index in [1.54, 1.807) is 6.08 Å². The first-order valence-electron chi connectivity index (χ1n) is 3.34. The third kappa shape index (κ3) is 1.32. The van der Waals surface area contributed by atoms with Gasteiger partial charge in [-0.3, -0.25) is 9.21 Å². The Labute approximate surface area is 65.6 Å². The first-order chi connectivity index (χ1) is 4.75. The topological polar surface area (TPSA) is 20.3 Å². The van der Waals surface area contributed by atoms with Crippen molar-refractivity contribution in [2.75, 3.05) is 0 Å². The molecule has 0 aromatic rings. The van der Waals surface area contributed by atoms with Gasteiger partial charge < -0.3 is 0 Å². The molecular formula is C7H10ClNO. The number of amides is 1. The van der Waals surface area contributed by atoms with Crippen molar-refractivity contribution >= 4 is 17.7 Å². The van der Waals surface area contributed by atoms with Gasteiger partial charge in [0.2, 0.25) is 5.91 Å². The number of hydrogen-bond acceptors (Lipinski definition) is 1. The molecule has 2 nitrogen and oxygen atoms in total. The van der Waals surface area contributed by atoms with Crippen LogP contribution in [0.2, 0.25) is 0 Å². The Morgan fingerprint density at radius 1 is 1.90 bits per heavy atom. The zero-order chi connectivity index (χ0) is 7.56. The van der Waals surface area contributed by atoms with E-state index in [4.69, 9.17) is 11.8 Å². The maximum absolute atomic E-state index is 10.8. The standard InChI is InChI=1S/C7H10ClNO/c1-2-3-6-4-5-7(10)9(6)8/h2,6H,1,3-5H2. The van der Waals surface area contributed by atoms with Gasteiger partial charge in [-0.2, -0.15) is 0 Å². The zero-order valence-electron chi connectivity index (χ0n) is 5.72. The predicted molar refractivity (Wildman–Crippen MR) is 40.5 cm³/mol. The lowest BCUT2D eigenvalue weighted by Crippen LogP contribution is -2.22. The second-order valence-corrected chi connectivity index (χ2v) is 2.79. The van der Waals surface area contributed by atoms with E-state index in [-0.39, 0.29) is 11.9 Å². The minimum Gasteiger partial charge on any atom is -0.274 e. The number of carbonyl (C=O) groups is 1. The van der Waals surface area contributed by atoms with Crippen LogP contribution in [0.15, 0.2) is 12.7 Å². The van der Waals surface area contributed by atoms with Crippen molar-refractivity contribution in [1.29, 1.82) is 0 Å². The molecule has 1 saturated heterocycles. The number of hydrogen-bond donors (Lipinski definition) is 0. The third-order valence-electron chi connectivity index (χ3n) is 1.69. The average Bonchev–Trinajstić information content (AvgIpc) is 2.20. The van der Waals surface area contributed by atoms with Gasteiger partial charge in [0.25, 0.3) is 0 Å². The van der Waals surface area contributed by atoms with E-state index in [9.17, 15) is 4.79 Å². The number of rotatable bonds is 2. The monoisotopic (exact) mass is 159 g/mol. The first kappa shape index (κ1) is 7.61. The maximum atomic E-state index is 10.8. The summed E-state index contributed by atoms with van der Waals surface area (Å²) in [6.07, 6.45) is 4.05. The molecule has 0 N–H and O–H groups in total. The Bertz CT molecular complexity index is 158. The number of nitrogens with zero attached hydrogens (tertiary/aromatic N) is 1.